The Hall–Kier alpha value is 0.240. The first-order valence-electron chi connectivity index (χ1n) is 6.65. The van der Waals surface area contributed by atoms with E-state index in [-0.39, 0.29) is 16.6 Å². The lowest BCUT2D eigenvalue weighted by Crippen LogP contribution is -2.43. The minimum absolute atomic E-state index is 0.0336. The Morgan fingerprint density at radius 3 is 2.57 bits per heavy atom. The molecule has 0 aliphatic heterocycles. The molecule has 1 aliphatic rings. The van der Waals surface area contributed by atoms with Crippen LogP contribution in [0.15, 0.2) is 26.0 Å². The molecule has 0 saturated heterocycles. The predicted molar refractivity (Wildman–Crippen MR) is 96.1 cm³/mol. The van der Waals surface area contributed by atoms with Crippen LogP contribution in [0.3, 0.4) is 0 Å². The van der Waals surface area contributed by atoms with E-state index in [0.717, 1.165) is 30.2 Å². The van der Waals surface area contributed by atoms with E-state index in [0.29, 0.717) is 9.72 Å². The topological polar surface area (TPSA) is 72.2 Å². The summed E-state index contributed by atoms with van der Waals surface area (Å²) in [6.07, 6.45) is 6.17. The molecule has 0 radical (unpaired) electrons. The van der Waals surface area contributed by atoms with Gasteiger partial charge in [-0.1, -0.05) is 28.8 Å². The third-order valence-electron chi connectivity index (χ3n) is 3.62. The number of hydrogen-bond acceptors (Lipinski definition) is 4. The molecule has 0 bridgehead atoms. The highest BCUT2D eigenvalue weighted by molar-refractivity contribution is 9.11. The molecule has 1 saturated carbocycles. The molecule has 21 heavy (non-hydrogen) atoms. The van der Waals surface area contributed by atoms with Crippen LogP contribution in [-0.2, 0) is 10.0 Å². The summed E-state index contributed by atoms with van der Waals surface area (Å²) in [4.78, 5) is 0.121. The van der Waals surface area contributed by atoms with Crippen LogP contribution in [0, 0.1) is 0 Å². The molecule has 2 unspecified atom stereocenters. The van der Waals surface area contributed by atoms with Gasteiger partial charge in [-0.2, -0.15) is 11.8 Å². The molecule has 0 spiro atoms. The first kappa shape index (κ1) is 17.6. The summed E-state index contributed by atoms with van der Waals surface area (Å²) in [6, 6.07) is 3.26. The van der Waals surface area contributed by atoms with Crippen molar-refractivity contribution in [3.05, 3.63) is 21.1 Å². The van der Waals surface area contributed by atoms with Crippen molar-refractivity contribution >= 4 is 59.3 Å². The van der Waals surface area contributed by atoms with Crippen molar-refractivity contribution < 1.29 is 8.42 Å². The fourth-order valence-electron chi connectivity index (χ4n) is 2.64. The van der Waals surface area contributed by atoms with Gasteiger partial charge in [0, 0.05) is 20.2 Å². The number of halogens is 2. The maximum absolute atomic E-state index is 12.7. The number of anilines is 1. The highest BCUT2D eigenvalue weighted by atomic mass is 79.9. The van der Waals surface area contributed by atoms with Crippen molar-refractivity contribution in [3.63, 3.8) is 0 Å². The van der Waals surface area contributed by atoms with Gasteiger partial charge in [0.15, 0.2) is 0 Å². The molecular weight excluding hydrogens is 440 g/mol. The fraction of sp³-hybridized carbons (Fsp3) is 0.538. The Morgan fingerprint density at radius 2 is 1.95 bits per heavy atom. The SMILES string of the molecule is CSC1CCCCC1NS(=O)(=O)c1c(N)cc(Br)cc1Br. The molecule has 118 valence electrons. The minimum atomic E-state index is -3.64. The number of benzene rings is 1. The highest BCUT2D eigenvalue weighted by Crippen LogP contribution is 2.33. The molecule has 0 amide bonds. The number of rotatable bonds is 4. The second-order valence-corrected chi connectivity index (χ2v) is 9.59. The molecular formula is C13H18Br2N2O2S2. The standard InChI is InChI=1S/C13H18Br2N2O2S2/c1-20-12-5-3-2-4-11(12)17-21(18,19)13-9(15)6-8(14)7-10(13)16/h6-7,11-12,17H,2-5,16H2,1H3. The smallest absolute Gasteiger partial charge is 0.244 e. The van der Waals surface area contributed by atoms with E-state index in [2.05, 4.69) is 36.6 Å². The van der Waals surface area contributed by atoms with Gasteiger partial charge in [0.2, 0.25) is 10.0 Å². The van der Waals surface area contributed by atoms with Crippen LogP contribution in [0.25, 0.3) is 0 Å². The summed E-state index contributed by atoms with van der Waals surface area (Å²) in [5.74, 6) is 0. The Kier molecular flexibility index (Phi) is 6.04. The van der Waals surface area contributed by atoms with Crippen molar-refractivity contribution in [1.29, 1.82) is 0 Å². The zero-order valence-corrected chi connectivity index (χ0v) is 16.4. The van der Waals surface area contributed by atoms with E-state index in [1.165, 1.54) is 0 Å². The summed E-state index contributed by atoms with van der Waals surface area (Å²) in [7, 11) is -3.64. The van der Waals surface area contributed by atoms with E-state index in [4.69, 9.17) is 5.73 Å². The van der Waals surface area contributed by atoms with E-state index < -0.39 is 10.0 Å². The van der Waals surface area contributed by atoms with Crippen molar-refractivity contribution in [2.75, 3.05) is 12.0 Å². The molecule has 3 N–H and O–H groups in total. The molecule has 1 fully saturated rings. The first-order valence-corrected chi connectivity index (χ1v) is 11.0. The second kappa shape index (κ2) is 7.21. The summed E-state index contributed by atoms with van der Waals surface area (Å²) in [5.41, 5.74) is 6.13. The number of nitrogens with two attached hydrogens (primary N) is 1. The van der Waals surface area contributed by atoms with Crippen LogP contribution in [0.1, 0.15) is 25.7 Å². The van der Waals surface area contributed by atoms with Gasteiger partial charge in [-0.05, 0) is 47.2 Å². The zero-order chi connectivity index (χ0) is 15.6. The molecule has 8 heteroatoms. The summed E-state index contributed by atoms with van der Waals surface area (Å²) in [5, 5.41) is 0.323. The lowest BCUT2D eigenvalue weighted by atomic mass is 9.96. The minimum Gasteiger partial charge on any atom is -0.398 e. The number of nitrogens with one attached hydrogen (secondary N) is 1. The Balaban J connectivity index is 2.30. The quantitative estimate of drug-likeness (QED) is 0.675. The third-order valence-corrected chi connectivity index (χ3v) is 7.74. The zero-order valence-electron chi connectivity index (χ0n) is 11.6. The lowest BCUT2D eigenvalue weighted by molar-refractivity contribution is 0.423. The molecule has 1 aromatic carbocycles. The highest BCUT2D eigenvalue weighted by Gasteiger charge is 2.31. The summed E-state index contributed by atoms with van der Waals surface area (Å²) in [6.45, 7) is 0. The average Bonchev–Trinajstić information content (AvgIpc) is 2.37. The number of thioether (sulfide) groups is 1. The van der Waals surface area contributed by atoms with Gasteiger partial charge in [0.05, 0.1) is 5.69 Å². The number of sulfonamides is 1. The van der Waals surface area contributed by atoms with Gasteiger partial charge >= 0.3 is 0 Å². The van der Waals surface area contributed by atoms with Crippen LogP contribution in [0.2, 0.25) is 0 Å². The van der Waals surface area contributed by atoms with Crippen molar-refractivity contribution in [2.24, 2.45) is 0 Å². The molecule has 2 rings (SSSR count). The molecule has 4 nitrogen and oxygen atoms in total. The first-order chi connectivity index (χ1) is 9.85. The Bertz CT molecular complexity index is 600. The fourth-order valence-corrected chi connectivity index (χ4v) is 7.04. The summed E-state index contributed by atoms with van der Waals surface area (Å²) < 4.78 is 29.4. The van der Waals surface area contributed by atoms with Crippen molar-refractivity contribution in [3.8, 4) is 0 Å². The van der Waals surface area contributed by atoms with E-state index >= 15 is 0 Å². The van der Waals surface area contributed by atoms with Crippen LogP contribution in [0.5, 0.6) is 0 Å². The molecule has 0 heterocycles. The average molecular weight is 458 g/mol. The molecule has 2 atom stereocenters. The van der Waals surface area contributed by atoms with Gasteiger partial charge in [0.25, 0.3) is 0 Å². The van der Waals surface area contributed by atoms with Gasteiger partial charge in [-0.15, -0.1) is 0 Å². The van der Waals surface area contributed by atoms with E-state index in [1.807, 2.05) is 6.26 Å². The second-order valence-electron chi connectivity index (χ2n) is 5.09. The van der Waals surface area contributed by atoms with Crippen LogP contribution in [-0.4, -0.2) is 26.0 Å². The van der Waals surface area contributed by atoms with Crippen LogP contribution < -0.4 is 10.5 Å². The number of nitrogen functional groups attached to an aromatic ring is 1. The van der Waals surface area contributed by atoms with Crippen molar-refractivity contribution in [2.45, 2.75) is 41.9 Å². The van der Waals surface area contributed by atoms with E-state index in [1.54, 1.807) is 23.9 Å². The Morgan fingerprint density at radius 1 is 1.29 bits per heavy atom. The van der Waals surface area contributed by atoms with Gasteiger partial charge < -0.3 is 5.73 Å². The maximum atomic E-state index is 12.7. The maximum Gasteiger partial charge on any atom is 0.244 e. The normalized spacial score (nSPS) is 23.2. The van der Waals surface area contributed by atoms with Gasteiger partial charge in [0.1, 0.15) is 4.90 Å². The molecule has 1 aliphatic carbocycles. The Labute approximate surface area is 146 Å². The molecule has 1 aromatic rings. The van der Waals surface area contributed by atoms with Crippen LogP contribution in [0.4, 0.5) is 5.69 Å². The molecule has 0 aromatic heterocycles. The monoisotopic (exact) mass is 456 g/mol. The predicted octanol–water partition coefficient (Wildman–Crippen LogP) is 3.75. The van der Waals surface area contributed by atoms with Crippen molar-refractivity contribution in [1.82, 2.24) is 4.72 Å². The lowest BCUT2D eigenvalue weighted by Gasteiger charge is -2.30. The number of hydrogen-bond donors (Lipinski definition) is 2. The van der Waals surface area contributed by atoms with Gasteiger partial charge in [-0.3, -0.25) is 0 Å². The van der Waals surface area contributed by atoms with Crippen LogP contribution >= 0.6 is 43.6 Å². The van der Waals surface area contributed by atoms with Gasteiger partial charge in [-0.25, -0.2) is 13.1 Å². The largest absolute Gasteiger partial charge is 0.398 e. The van der Waals surface area contributed by atoms with E-state index in [9.17, 15) is 8.42 Å². The third kappa shape index (κ3) is 4.16. The summed E-state index contributed by atoms with van der Waals surface area (Å²) >= 11 is 8.32.